The fourth-order valence-electron chi connectivity index (χ4n) is 2.29. The van der Waals surface area contributed by atoms with E-state index in [9.17, 15) is 19.7 Å². The first kappa shape index (κ1) is 19.0. The molecular formula is C16H15Cl2N3O4. The SMILES string of the molecule is C[C@H](NC(=O)[C@H](C)n1cc([N+](=O)[O-])ccc1=O)c1ccc(Cl)cc1Cl. The van der Waals surface area contributed by atoms with E-state index in [4.69, 9.17) is 23.2 Å². The molecule has 2 atom stereocenters. The third kappa shape index (κ3) is 4.37. The van der Waals surface area contributed by atoms with Crippen molar-refractivity contribution in [3.63, 3.8) is 0 Å². The average molecular weight is 384 g/mol. The van der Waals surface area contributed by atoms with Gasteiger partial charge in [-0.3, -0.25) is 24.3 Å². The number of pyridine rings is 1. The highest BCUT2D eigenvalue weighted by atomic mass is 35.5. The minimum absolute atomic E-state index is 0.270. The second-order valence-electron chi connectivity index (χ2n) is 5.46. The van der Waals surface area contributed by atoms with Gasteiger partial charge in [-0.1, -0.05) is 29.3 Å². The second kappa shape index (κ2) is 7.67. The maximum absolute atomic E-state index is 12.4. The molecule has 1 amide bonds. The molecule has 7 nitrogen and oxygen atoms in total. The fourth-order valence-corrected chi connectivity index (χ4v) is 2.87. The van der Waals surface area contributed by atoms with E-state index in [1.165, 1.54) is 6.92 Å². The number of aromatic nitrogens is 1. The molecule has 9 heteroatoms. The summed E-state index contributed by atoms with van der Waals surface area (Å²) in [5.41, 5.74) is -0.114. The normalized spacial score (nSPS) is 13.1. The van der Waals surface area contributed by atoms with Gasteiger partial charge in [0.25, 0.3) is 11.2 Å². The summed E-state index contributed by atoms with van der Waals surface area (Å²) in [6, 6.07) is 5.70. The number of benzene rings is 1. The van der Waals surface area contributed by atoms with Crippen molar-refractivity contribution >= 4 is 34.8 Å². The zero-order valence-electron chi connectivity index (χ0n) is 13.4. The van der Waals surface area contributed by atoms with Gasteiger partial charge in [-0.05, 0) is 31.5 Å². The third-order valence-electron chi connectivity index (χ3n) is 3.72. The van der Waals surface area contributed by atoms with Gasteiger partial charge in [0.1, 0.15) is 6.04 Å². The van der Waals surface area contributed by atoms with E-state index >= 15 is 0 Å². The Morgan fingerprint density at radius 1 is 1.24 bits per heavy atom. The van der Waals surface area contributed by atoms with Crippen LogP contribution in [0, 0.1) is 10.1 Å². The van der Waals surface area contributed by atoms with Crippen LogP contribution >= 0.6 is 23.2 Å². The zero-order valence-corrected chi connectivity index (χ0v) is 14.9. The van der Waals surface area contributed by atoms with E-state index in [-0.39, 0.29) is 5.69 Å². The minimum Gasteiger partial charge on any atom is -0.348 e. The van der Waals surface area contributed by atoms with Gasteiger partial charge >= 0.3 is 0 Å². The van der Waals surface area contributed by atoms with Gasteiger partial charge in [-0.25, -0.2) is 0 Å². The van der Waals surface area contributed by atoms with Gasteiger partial charge in [0.05, 0.1) is 17.2 Å². The molecule has 0 aliphatic rings. The number of hydrogen-bond acceptors (Lipinski definition) is 4. The van der Waals surface area contributed by atoms with Crippen LogP contribution in [-0.4, -0.2) is 15.4 Å². The van der Waals surface area contributed by atoms with Crippen LogP contribution < -0.4 is 10.9 Å². The topological polar surface area (TPSA) is 94.2 Å². The van der Waals surface area contributed by atoms with Gasteiger partial charge in [0.15, 0.2) is 0 Å². The lowest BCUT2D eigenvalue weighted by atomic mass is 10.1. The van der Waals surface area contributed by atoms with Gasteiger partial charge in [0, 0.05) is 22.2 Å². The molecule has 1 aromatic carbocycles. The number of nitro groups is 1. The number of hydrogen-bond donors (Lipinski definition) is 1. The van der Waals surface area contributed by atoms with Crippen molar-refractivity contribution in [3.8, 4) is 0 Å². The van der Waals surface area contributed by atoms with E-state index in [0.717, 1.165) is 22.9 Å². The van der Waals surface area contributed by atoms with Crippen LogP contribution in [0.25, 0.3) is 0 Å². The Morgan fingerprint density at radius 2 is 1.92 bits per heavy atom. The Hall–Kier alpha value is -2.38. The predicted octanol–water partition coefficient (Wildman–Crippen LogP) is 3.50. The summed E-state index contributed by atoms with van der Waals surface area (Å²) in [6.07, 6.45) is 1.05. The van der Waals surface area contributed by atoms with Crippen LogP contribution in [0.3, 0.4) is 0 Å². The van der Waals surface area contributed by atoms with Crippen molar-refractivity contribution < 1.29 is 9.72 Å². The molecule has 0 aliphatic heterocycles. The highest BCUT2D eigenvalue weighted by Crippen LogP contribution is 2.26. The first-order chi connectivity index (χ1) is 11.7. The number of carbonyl (C=O) groups is 1. The predicted molar refractivity (Wildman–Crippen MR) is 95.1 cm³/mol. The van der Waals surface area contributed by atoms with E-state index < -0.39 is 28.5 Å². The summed E-state index contributed by atoms with van der Waals surface area (Å²) in [5.74, 6) is -0.471. The Balaban J connectivity index is 2.21. The molecule has 0 bridgehead atoms. The summed E-state index contributed by atoms with van der Waals surface area (Å²) >= 11 is 12.0. The maximum Gasteiger partial charge on any atom is 0.285 e. The fraction of sp³-hybridized carbons (Fsp3) is 0.250. The highest BCUT2D eigenvalue weighted by molar-refractivity contribution is 6.35. The van der Waals surface area contributed by atoms with Crippen molar-refractivity contribution in [2.24, 2.45) is 0 Å². The summed E-state index contributed by atoms with van der Waals surface area (Å²) in [5, 5.41) is 14.5. The quantitative estimate of drug-likeness (QED) is 0.631. The molecule has 0 fully saturated rings. The van der Waals surface area contributed by atoms with Crippen molar-refractivity contribution in [1.29, 1.82) is 0 Å². The van der Waals surface area contributed by atoms with Crippen LogP contribution in [0.5, 0.6) is 0 Å². The third-order valence-corrected chi connectivity index (χ3v) is 4.28. The van der Waals surface area contributed by atoms with Crippen LogP contribution in [0.4, 0.5) is 5.69 Å². The molecule has 1 heterocycles. The summed E-state index contributed by atoms with van der Waals surface area (Å²) in [6.45, 7) is 3.21. The lowest BCUT2D eigenvalue weighted by Gasteiger charge is -2.20. The molecule has 0 aliphatic carbocycles. The molecule has 2 rings (SSSR count). The Morgan fingerprint density at radius 3 is 2.52 bits per heavy atom. The van der Waals surface area contributed by atoms with Gasteiger partial charge in [0.2, 0.25) is 5.91 Å². The second-order valence-corrected chi connectivity index (χ2v) is 6.31. The van der Waals surface area contributed by atoms with Gasteiger partial charge in [-0.15, -0.1) is 0 Å². The zero-order chi connectivity index (χ0) is 18.7. The first-order valence-corrected chi connectivity index (χ1v) is 8.08. The van der Waals surface area contributed by atoms with Crippen molar-refractivity contribution in [3.05, 3.63) is 72.6 Å². The van der Waals surface area contributed by atoms with Crippen LogP contribution in [0.15, 0.2) is 41.3 Å². The van der Waals surface area contributed by atoms with E-state index in [0.29, 0.717) is 15.6 Å². The summed E-state index contributed by atoms with van der Waals surface area (Å²) < 4.78 is 1.02. The molecule has 1 N–H and O–H groups in total. The molecule has 0 radical (unpaired) electrons. The highest BCUT2D eigenvalue weighted by Gasteiger charge is 2.21. The molecule has 0 unspecified atom stereocenters. The molecule has 0 saturated carbocycles. The average Bonchev–Trinajstić information content (AvgIpc) is 2.54. The number of carbonyl (C=O) groups excluding carboxylic acids is 1. The lowest BCUT2D eigenvalue weighted by molar-refractivity contribution is -0.385. The van der Waals surface area contributed by atoms with Crippen LogP contribution in [-0.2, 0) is 4.79 Å². The number of halogens is 2. The van der Waals surface area contributed by atoms with E-state index in [1.807, 2.05) is 0 Å². The van der Waals surface area contributed by atoms with Crippen molar-refractivity contribution in [2.75, 3.05) is 0 Å². The van der Waals surface area contributed by atoms with Crippen molar-refractivity contribution in [1.82, 2.24) is 9.88 Å². The molecule has 0 saturated heterocycles. The maximum atomic E-state index is 12.4. The molecular weight excluding hydrogens is 369 g/mol. The standard InChI is InChI=1S/C16H15Cl2N3O4/c1-9(13-5-3-11(17)7-14(13)18)19-16(23)10(2)20-8-12(21(24)25)4-6-15(20)22/h3-10H,1-2H3,(H,19,23)/t9-,10-/m0/s1. The number of amides is 1. The first-order valence-electron chi connectivity index (χ1n) is 7.32. The molecule has 2 aromatic rings. The monoisotopic (exact) mass is 383 g/mol. The molecule has 0 spiro atoms. The minimum atomic E-state index is -0.930. The Kier molecular flexibility index (Phi) is 5.81. The van der Waals surface area contributed by atoms with E-state index in [1.54, 1.807) is 25.1 Å². The van der Waals surface area contributed by atoms with Crippen LogP contribution in [0.1, 0.15) is 31.5 Å². The molecule has 132 valence electrons. The number of nitrogens with zero attached hydrogens (tertiary/aromatic N) is 2. The summed E-state index contributed by atoms with van der Waals surface area (Å²) in [7, 11) is 0. The largest absolute Gasteiger partial charge is 0.348 e. The van der Waals surface area contributed by atoms with Crippen molar-refractivity contribution in [2.45, 2.75) is 25.9 Å². The molecule has 25 heavy (non-hydrogen) atoms. The Labute approximate surface area is 153 Å². The smallest absolute Gasteiger partial charge is 0.285 e. The van der Waals surface area contributed by atoms with Gasteiger partial charge < -0.3 is 5.32 Å². The number of nitrogens with one attached hydrogen (secondary N) is 1. The molecule has 1 aromatic heterocycles. The lowest BCUT2D eigenvalue weighted by Crippen LogP contribution is -2.36. The summed E-state index contributed by atoms with van der Waals surface area (Å²) in [4.78, 5) is 34.6. The number of rotatable bonds is 5. The van der Waals surface area contributed by atoms with Crippen LogP contribution in [0.2, 0.25) is 10.0 Å². The Bertz CT molecular complexity index is 882. The van der Waals surface area contributed by atoms with E-state index in [2.05, 4.69) is 5.32 Å². The van der Waals surface area contributed by atoms with Gasteiger partial charge in [-0.2, -0.15) is 0 Å².